The quantitative estimate of drug-likeness (QED) is 0.507. The predicted octanol–water partition coefficient (Wildman–Crippen LogP) is 4.88. The van der Waals surface area contributed by atoms with E-state index in [0.717, 1.165) is 11.6 Å². The zero-order valence-electron chi connectivity index (χ0n) is 18.2. The van der Waals surface area contributed by atoms with E-state index < -0.39 is 21.7 Å². The van der Waals surface area contributed by atoms with Crippen LogP contribution in [-0.2, 0) is 16.3 Å². The van der Waals surface area contributed by atoms with Crippen LogP contribution in [0.4, 0.5) is 10.2 Å². The Balaban J connectivity index is 1.99. The molecule has 1 aliphatic heterocycles. The van der Waals surface area contributed by atoms with E-state index in [1.807, 2.05) is 0 Å². The number of ether oxygens (including phenoxy) is 1. The number of rotatable bonds is 1. The number of hydrogen-bond donors (Lipinski definition) is 2. The molecule has 0 spiro atoms. The smallest absolute Gasteiger partial charge is 0.254 e. The van der Waals surface area contributed by atoms with Crippen LogP contribution >= 0.6 is 11.6 Å². The number of nitrogens with zero attached hydrogens (tertiary/aromatic N) is 2. The van der Waals surface area contributed by atoms with Crippen molar-refractivity contribution in [2.24, 2.45) is 0 Å². The zero-order valence-corrected chi connectivity index (χ0v) is 19.8. The molecular formula is C23H22ClFN4O3S. The van der Waals surface area contributed by atoms with Crippen LogP contribution in [-0.4, -0.2) is 33.3 Å². The third kappa shape index (κ3) is 4.26. The maximum absolute atomic E-state index is 14.3. The van der Waals surface area contributed by atoms with Crippen LogP contribution in [0.3, 0.4) is 0 Å². The van der Waals surface area contributed by atoms with Gasteiger partial charge in [-0.1, -0.05) is 17.7 Å². The van der Waals surface area contributed by atoms with Crippen molar-refractivity contribution < 1.29 is 18.1 Å². The number of nitrogens with one attached hydrogen (secondary N) is 1. The molecule has 2 heterocycles. The Labute approximate surface area is 196 Å². The van der Waals surface area contributed by atoms with E-state index in [-0.39, 0.29) is 40.2 Å². The summed E-state index contributed by atoms with van der Waals surface area (Å²) >= 11 is 6.26. The van der Waals surface area contributed by atoms with Crippen molar-refractivity contribution in [2.45, 2.75) is 24.5 Å². The number of amides is 1. The fourth-order valence-electron chi connectivity index (χ4n) is 3.83. The van der Waals surface area contributed by atoms with Crippen LogP contribution in [0.5, 0.6) is 5.75 Å². The number of benzene rings is 2. The van der Waals surface area contributed by atoms with Crippen LogP contribution in [0.1, 0.15) is 34.5 Å². The van der Waals surface area contributed by atoms with Crippen LogP contribution < -0.4 is 10.5 Å². The number of nitrogens with two attached hydrogens (primary N) is 1. The maximum atomic E-state index is 14.3. The van der Waals surface area contributed by atoms with Crippen LogP contribution in [0, 0.1) is 10.6 Å². The van der Waals surface area contributed by atoms with Crippen LogP contribution in [0.15, 0.2) is 47.5 Å². The Hall–Kier alpha value is -3.17. The highest BCUT2D eigenvalue weighted by Gasteiger charge is 2.27. The second-order valence-corrected chi connectivity index (χ2v) is 10.6. The van der Waals surface area contributed by atoms with Crippen molar-refractivity contribution in [2.75, 3.05) is 19.0 Å². The molecule has 1 aliphatic rings. The van der Waals surface area contributed by atoms with Gasteiger partial charge < -0.3 is 15.4 Å². The van der Waals surface area contributed by atoms with Crippen molar-refractivity contribution in [1.82, 2.24) is 9.88 Å². The standard InChI is InChI=1S/C23H22ClFN4O3S/c1-12-20-16(6-7-18(25)21(20)24)23(30)29(2)11-13-4-5-15(33(3,27)31)9-17(13)14-8-19(32-12)22(26)28-10-14/h4-10,12,27H,11H2,1-3H3,(H2,26,28)/t12-,33?/m1/s1. The summed E-state index contributed by atoms with van der Waals surface area (Å²) in [5, 5.41) is -0.195. The van der Waals surface area contributed by atoms with Gasteiger partial charge in [0.1, 0.15) is 11.9 Å². The summed E-state index contributed by atoms with van der Waals surface area (Å²) in [6.07, 6.45) is 2.08. The molecule has 7 nitrogen and oxygen atoms in total. The summed E-state index contributed by atoms with van der Waals surface area (Å²) in [7, 11) is -1.35. The van der Waals surface area contributed by atoms with Gasteiger partial charge in [-0.2, -0.15) is 0 Å². The summed E-state index contributed by atoms with van der Waals surface area (Å²) in [5.41, 5.74) is 8.46. The van der Waals surface area contributed by atoms with Gasteiger partial charge in [0.2, 0.25) is 0 Å². The van der Waals surface area contributed by atoms with E-state index in [1.165, 1.54) is 17.2 Å². The van der Waals surface area contributed by atoms with E-state index >= 15 is 0 Å². The monoisotopic (exact) mass is 488 g/mol. The minimum atomic E-state index is -2.98. The average molecular weight is 489 g/mol. The first-order chi connectivity index (χ1) is 15.5. The first kappa shape index (κ1) is 23.0. The highest BCUT2D eigenvalue weighted by molar-refractivity contribution is 7.91. The molecule has 3 aromatic rings. The first-order valence-electron chi connectivity index (χ1n) is 10.00. The SMILES string of the molecule is C[C@H]1Oc2cc(cnc2N)-c2cc(S(C)(=N)=O)ccc2CN(C)C(=O)c2ccc(F)c(Cl)c21. The number of carbonyl (C=O) groups is 1. The molecule has 2 atom stereocenters. The van der Waals surface area contributed by atoms with E-state index in [0.29, 0.717) is 16.0 Å². The number of fused-ring (bicyclic) bond motifs is 5. The van der Waals surface area contributed by atoms with Crippen molar-refractivity contribution in [1.29, 1.82) is 4.78 Å². The molecule has 0 radical (unpaired) electrons. The molecule has 2 aromatic carbocycles. The van der Waals surface area contributed by atoms with Crippen LogP contribution in [0.2, 0.25) is 5.02 Å². The summed E-state index contributed by atoms with van der Waals surface area (Å²) in [4.78, 5) is 19.4. The number of hydrogen-bond acceptors (Lipinski definition) is 6. The lowest BCUT2D eigenvalue weighted by Crippen LogP contribution is -2.28. The Kier molecular flexibility index (Phi) is 5.79. The molecule has 1 amide bonds. The van der Waals surface area contributed by atoms with Gasteiger partial charge in [-0.05, 0) is 48.4 Å². The Morgan fingerprint density at radius 1 is 1.27 bits per heavy atom. The minimum absolute atomic E-state index is 0.109. The van der Waals surface area contributed by atoms with E-state index in [1.54, 1.807) is 44.4 Å². The zero-order chi connectivity index (χ0) is 24.1. The third-order valence-corrected chi connectivity index (χ3v) is 7.09. The van der Waals surface area contributed by atoms with Crippen LogP contribution in [0.25, 0.3) is 11.1 Å². The van der Waals surface area contributed by atoms with Crippen molar-refractivity contribution >= 4 is 33.1 Å². The highest BCUT2D eigenvalue weighted by atomic mass is 35.5. The lowest BCUT2D eigenvalue weighted by atomic mass is 9.98. The molecule has 0 saturated carbocycles. The predicted molar refractivity (Wildman–Crippen MR) is 125 cm³/mol. The second-order valence-electron chi connectivity index (χ2n) is 8.01. The molecule has 0 saturated heterocycles. The van der Waals surface area contributed by atoms with Gasteiger partial charge in [0.25, 0.3) is 5.91 Å². The molecule has 3 N–H and O–H groups in total. The van der Waals surface area contributed by atoms with Gasteiger partial charge in [-0.25, -0.2) is 18.4 Å². The molecule has 172 valence electrons. The maximum Gasteiger partial charge on any atom is 0.254 e. The molecule has 0 aliphatic carbocycles. The fourth-order valence-corrected chi connectivity index (χ4v) is 4.82. The van der Waals surface area contributed by atoms with Crippen molar-refractivity contribution in [3.8, 4) is 16.9 Å². The Morgan fingerprint density at radius 3 is 2.70 bits per heavy atom. The number of halogens is 2. The molecule has 2 bridgehead atoms. The van der Waals surface area contributed by atoms with Gasteiger partial charge in [0.05, 0.1) is 14.8 Å². The van der Waals surface area contributed by atoms with E-state index in [4.69, 9.17) is 26.9 Å². The number of anilines is 1. The van der Waals surface area contributed by atoms with Gasteiger partial charge in [-0.15, -0.1) is 0 Å². The lowest BCUT2D eigenvalue weighted by Gasteiger charge is -2.26. The van der Waals surface area contributed by atoms with Gasteiger partial charge >= 0.3 is 0 Å². The fraction of sp³-hybridized carbons (Fsp3) is 0.217. The minimum Gasteiger partial charge on any atom is -0.482 e. The van der Waals surface area contributed by atoms with Gasteiger partial charge in [-0.3, -0.25) is 4.79 Å². The molecule has 33 heavy (non-hydrogen) atoms. The number of aromatic nitrogens is 1. The van der Waals surface area contributed by atoms with E-state index in [2.05, 4.69) is 4.98 Å². The second kappa shape index (κ2) is 8.31. The molecule has 0 fully saturated rings. The third-order valence-electron chi connectivity index (χ3n) is 5.55. The van der Waals surface area contributed by atoms with Crippen molar-refractivity contribution in [3.63, 3.8) is 0 Å². The number of pyridine rings is 1. The highest BCUT2D eigenvalue weighted by Crippen LogP contribution is 2.37. The molecule has 1 unspecified atom stereocenters. The van der Waals surface area contributed by atoms with Gasteiger partial charge in [0.15, 0.2) is 11.6 Å². The molecule has 1 aromatic heterocycles. The summed E-state index contributed by atoms with van der Waals surface area (Å²) in [5.74, 6) is -0.693. The average Bonchev–Trinajstić information content (AvgIpc) is 2.75. The molecule has 10 heteroatoms. The van der Waals surface area contributed by atoms with Gasteiger partial charge in [0, 0.05) is 47.6 Å². The number of carbonyl (C=O) groups excluding carboxylic acids is 1. The number of nitrogen functional groups attached to an aromatic ring is 1. The molecule has 4 rings (SSSR count). The summed E-state index contributed by atoms with van der Waals surface area (Å²) < 4.78 is 40.7. The first-order valence-corrected chi connectivity index (χ1v) is 12.3. The summed E-state index contributed by atoms with van der Waals surface area (Å²) in [6, 6.07) is 9.22. The molecular weight excluding hydrogens is 467 g/mol. The lowest BCUT2D eigenvalue weighted by molar-refractivity contribution is 0.0780. The Bertz CT molecular complexity index is 1390. The van der Waals surface area contributed by atoms with E-state index in [9.17, 15) is 13.4 Å². The van der Waals surface area contributed by atoms with Crippen molar-refractivity contribution in [3.05, 3.63) is 70.1 Å². The summed E-state index contributed by atoms with van der Waals surface area (Å²) in [6.45, 7) is 1.84. The Morgan fingerprint density at radius 2 is 2.00 bits per heavy atom. The topological polar surface area (TPSA) is 109 Å². The largest absolute Gasteiger partial charge is 0.482 e. The normalized spacial score (nSPS) is 17.7.